The number of nitrogens with two attached hydrogens (primary N) is 1. The highest BCUT2D eigenvalue weighted by atomic mass is 15.3. The maximum absolute atomic E-state index is 5.92. The number of aromatic nitrogens is 5. The second-order valence-electron chi connectivity index (χ2n) is 4.47. The molecule has 0 aliphatic rings. The third-order valence-electron chi connectivity index (χ3n) is 2.82. The van der Waals surface area contributed by atoms with Gasteiger partial charge in [0.25, 0.3) is 0 Å². The maximum Gasteiger partial charge on any atom is 0.177 e. The summed E-state index contributed by atoms with van der Waals surface area (Å²) >= 11 is 0. The van der Waals surface area contributed by atoms with E-state index in [1.54, 1.807) is 6.33 Å². The molecule has 0 amide bonds. The summed E-state index contributed by atoms with van der Waals surface area (Å²) in [6, 6.07) is 0.225. The lowest BCUT2D eigenvalue weighted by Crippen LogP contribution is -2.10. The summed E-state index contributed by atoms with van der Waals surface area (Å²) in [5.41, 5.74) is 7.54. The van der Waals surface area contributed by atoms with E-state index in [0.29, 0.717) is 5.82 Å². The van der Waals surface area contributed by atoms with E-state index in [0.717, 1.165) is 29.3 Å². The molecule has 18 heavy (non-hydrogen) atoms. The highest BCUT2D eigenvalue weighted by Gasteiger charge is 2.16. The molecule has 0 spiro atoms. The van der Waals surface area contributed by atoms with E-state index in [9.17, 15) is 0 Å². The van der Waals surface area contributed by atoms with Crippen molar-refractivity contribution in [2.45, 2.75) is 40.2 Å². The van der Waals surface area contributed by atoms with Gasteiger partial charge in [0.2, 0.25) is 0 Å². The van der Waals surface area contributed by atoms with Crippen molar-refractivity contribution in [2.75, 3.05) is 5.73 Å². The van der Waals surface area contributed by atoms with E-state index in [-0.39, 0.29) is 6.04 Å². The lowest BCUT2D eigenvalue weighted by molar-refractivity contribution is 0.536. The second kappa shape index (κ2) is 4.72. The number of hydrogen-bond acceptors (Lipinski definition) is 5. The molecule has 0 fully saturated rings. The molecule has 2 heterocycles. The molecule has 2 aromatic heterocycles. The molecular weight excluding hydrogens is 228 g/mol. The van der Waals surface area contributed by atoms with Crippen molar-refractivity contribution in [2.24, 2.45) is 0 Å². The van der Waals surface area contributed by atoms with Crippen LogP contribution in [0.15, 0.2) is 6.33 Å². The van der Waals surface area contributed by atoms with Crippen LogP contribution in [-0.4, -0.2) is 24.7 Å². The maximum atomic E-state index is 5.92. The fourth-order valence-corrected chi connectivity index (χ4v) is 1.76. The molecule has 96 valence electrons. The van der Waals surface area contributed by atoms with Gasteiger partial charge in [-0.2, -0.15) is 5.10 Å². The van der Waals surface area contributed by atoms with Crippen molar-refractivity contribution in [1.82, 2.24) is 24.7 Å². The van der Waals surface area contributed by atoms with E-state index in [1.807, 2.05) is 18.5 Å². The molecule has 2 aromatic rings. The van der Waals surface area contributed by atoms with Crippen molar-refractivity contribution >= 4 is 5.82 Å². The summed E-state index contributed by atoms with van der Waals surface area (Å²) in [7, 11) is 0. The molecule has 0 saturated carbocycles. The van der Waals surface area contributed by atoms with Crippen LogP contribution >= 0.6 is 0 Å². The van der Waals surface area contributed by atoms with Gasteiger partial charge in [-0.1, -0.05) is 6.92 Å². The molecule has 0 aliphatic carbocycles. The average Bonchev–Trinajstić information content (AvgIpc) is 2.81. The number of nitrogen functional groups attached to an aromatic ring is 1. The van der Waals surface area contributed by atoms with Crippen molar-refractivity contribution in [3.8, 4) is 11.5 Å². The highest BCUT2D eigenvalue weighted by molar-refractivity contribution is 5.61. The smallest absolute Gasteiger partial charge is 0.177 e. The summed E-state index contributed by atoms with van der Waals surface area (Å²) in [5.74, 6) is 1.98. The van der Waals surface area contributed by atoms with Gasteiger partial charge in [-0.3, -0.25) is 0 Å². The van der Waals surface area contributed by atoms with Crippen LogP contribution in [0.2, 0.25) is 0 Å². The van der Waals surface area contributed by atoms with Gasteiger partial charge in [0.15, 0.2) is 5.82 Å². The first-order valence-corrected chi connectivity index (χ1v) is 6.07. The quantitative estimate of drug-likeness (QED) is 0.892. The van der Waals surface area contributed by atoms with Gasteiger partial charge in [-0.15, -0.1) is 0 Å². The van der Waals surface area contributed by atoms with Gasteiger partial charge in [0.05, 0.1) is 0 Å². The topological polar surface area (TPSA) is 82.5 Å². The fourth-order valence-electron chi connectivity index (χ4n) is 1.76. The number of aryl methyl sites for hydroxylation is 1. The zero-order valence-electron chi connectivity index (χ0n) is 11.2. The average molecular weight is 246 g/mol. The van der Waals surface area contributed by atoms with Crippen LogP contribution in [0.4, 0.5) is 5.82 Å². The predicted molar refractivity (Wildman–Crippen MR) is 70.0 cm³/mol. The molecule has 2 N–H and O–H groups in total. The molecule has 6 nitrogen and oxygen atoms in total. The first-order valence-electron chi connectivity index (χ1n) is 6.07. The van der Waals surface area contributed by atoms with Gasteiger partial charge < -0.3 is 5.73 Å². The summed E-state index contributed by atoms with van der Waals surface area (Å²) in [4.78, 5) is 13.1. The van der Waals surface area contributed by atoms with Crippen LogP contribution in [-0.2, 0) is 6.42 Å². The van der Waals surface area contributed by atoms with Gasteiger partial charge in [-0.25, -0.2) is 19.6 Å². The SMILES string of the molecule is CCc1nc(N)c(C)c(-c2ncnn2C(C)C)n1. The van der Waals surface area contributed by atoms with Gasteiger partial charge in [-0.05, 0) is 20.8 Å². The van der Waals surface area contributed by atoms with Gasteiger partial charge >= 0.3 is 0 Å². The van der Waals surface area contributed by atoms with Crippen molar-refractivity contribution in [1.29, 1.82) is 0 Å². The molecule has 0 atom stereocenters. The van der Waals surface area contributed by atoms with E-state index >= 15 is 0 Å². The molecule has 0 aromatic carbocycles. The lowest BCUT2D eigenvalue weighted by atomic mass is 10.2. The number of hydrogen-bond donors (Lipinski definition) is 1. The zero-order chi connectivity index (χ0) is 13.3. The van der Waals surface area contributed by atoms with E-state index in [2.05, 4.69) is 33.9 Å². The second-order valence-corrected chi connectivity index (χ2v) is 4.47. The first-order chi connectivity index (χ1) is 8.54. The van der Waals surface area contributed by atoms with Crippen LogP contribution in [0.25, 0.3) is 11.5 Å². The minimum Gasteiger partial charge on any atom is -0.383 e. The Kier molecular flexibility index (Phi) is 3.27. The predicted octanol–water partition coefficient (Wildman–Crippen LogP) is 1.77. The van der Waals surface area contributed by atoms with E-state index in [1.165, 1.54) is 0 Å². The van der Waals surface area contributed by atoms with Crippen LogP contribution in [0.1, 0.15) is 38.2 Å². The number of nitrogens with zero attached hydrogens (tertiary/aromatic N) is 5. The Balaban J connectivity index is 2.63. The summed E-state index contributed by atoms with van der Waals surface area (Å²) < 4.78 is 1.84. The van der Waals surface area contributed by atoms with Crippen LogP contribution in [0.3, 0.4) is 0 Å². The first kappa shape index (κ1) is 12.5. The third-order valence-corrected chi connectivity index (χ3v) is 2.82. The van der Waals surface area contributed by atoms with Crippen molar-refractivity contribution in [3.63, 3.8) is 0 Å². The standard InChI is InChI=1S/C12H18N6/c1-5-9-16-10(8(4)11(13)17-9)12-14-6-15-18(12)7(2)3/h6-7H,5H2,1-4H3,(H2,13,16,17). The molecule has 0 saturated heterocycles. The summed E-state index contributed by atoms with van der Waals surface area (Å²) in [6.45, 7) is 8.02. The minimum atomic E-state index is 0.225. The Labute approximate surface area is 106 Å². The fraction of sp³-hybridized carbons (Fsp3) is 0.500. The van der Waals surface area contributed by atoms with Crippen LogP contribution in [0, 0.1) is 6.92 Å². The molecule has 0 unspecified atom stereocenters. The van der Waals surface area contributed by atoms with E-state index < -0.39 is 0 Å². The van der Waals surface area contributed by atoms with Gasteiger partial charge in [0, 0.05) is 18.0 Å². The molecular formula is C12H18N6. The highest BCUT2D eigenvalue weighted by Crippen LogP contribution is 2.24. The van der Waals surface area contributed by atoms with Gasteiger partial charge in [0.1, 0.15) is 23.7 Å². The lowest BCUT2D eigenvalue weighted by Gasteiger charge is -2.12. The van der Waals surface area contributed by atoms with Crippen molar-refractivity contribution < 1.29 is 0 Å². The van der Waals surface area contributed by atoms with Crippen LogP contribution < -0.4 is 5.73 Å². The summed E-state index contributed by atoms with van der Waals surface area (Å²) in [5, 5.41) is 4.22. The molecule has 0 aliphatic heterocycles. The molecule has 2 rings (SSSR count). The Bertz CT molecular complexity index is 558. The molecule has 0 bridgehead atoms. The monoisotopic (exact) mass is 246 g/mol. The normalized spacial score (nSPS) is 11.2. The zero-order valence-corrected chi connectivity index (χ0v) is 11.2. The Morgan fingerprint density at radius 3 is 2.67 bits per heavy atom. The third kappa shape index (κ3) is 2.05. The minimum absolute atomic E-state index is 0.225. The molecule has 0 radical (unpaired) electrons. The number of rotatable bonds is 3. The largest absolute Gasteiger partial charge is 0.383 e. The van der Waals surface area contributed by atoms with E-state index in [4.69, 9.17) is 5.73 Å². The Morgan fingerprint density at radius 1 is 1.33 bits per heavy atom. The molecule has 6 heteroatoms. The Morgan fingerprint density at radius 2 is 2.06 bits per heavy atom. The summed E-state index contributed by atoms with van der Waals surface area (Å²) in [6.07, 6.45) is 2.28. The number of anilines is 1. The Hall–Kier alpha value is -1.98. The van der Waals surface area contributed by atoms with Crippen LogP contribution in [0.5, 0.6) is 0 Å². The van der Waals surface area contributed by atoms with Crippen molar-refractivity contribution in [3.05, 3.63) is 17.7 Å².